The fourth-order valence-corrected chi connectivity index (χ4v) is 3.50. The van der Waals surface area contributed by atoms with Gasteiger partial charge < -0.3 is 14.9 Å². The molecule has 0 spiro atoms. The van der Waals surface area contributed by atoms with Gasteiger partial charge in [0.2, 0.25) is 0 Å². The molecule has 2 atom stereocenters. The van der Waals surface area contributed by atoms with Crippen LogP contribution in [0.15, 0.2) is 18.2 Å². The van der Waals surface area contributed by atoms with Crippen LogP contribution in [0.2, 0.25) is 0 Å². The van der Waals surface area contributed by atoms with Crippen molar-refractivity contribution in [1.29, 1.82) is 0 Å². The molecule has 1 aliphatic heterocycles. The highest BCUT2D eigenvalue weighted by Gasteiger charge is 2.25. The van der Waals surface area contributed by atoms with Crippen molar-refractivity contribution < 1.29 is 9.50 Å². The van der Waals surface area contributed by atoms with Crippen LogP contribution in [-0.2, 0) is 0 Å². The lowest BCUT2D eigenvalue weighted by Gasteiger charge is -2.23. The Labute approximate surface area is 133 Å². The van der Waals surface area contributed by atoms with Gasteiger partial charge in [0.15, 0.2) is 0 Å². The van der Waals surface area contributed by atoms with Gasteiger partial charge in [0.1, 0.15) is 5.82 Å². The molecule has 4 heteroatoms. The second-order valence-electron chi connectivity index (χ2n) is 6.69. The first kappa shape index (κ1) is 17.4. The van der Waals surface area contributed by atoms with E-state index in [1.165, 1.54) is 25.0 Å². The minimum absolute atomic E-state index is 0.242. The Bertz CT molecular complexity index is 480. The summed E-state index contributed by atoms with van der Waals surface area (Å²) in [5.41, 5.74) is 1.67. The lowest BCUT2D eigenvalue weighted by Crippen LogP contribution is -2.30. The van der Waals surface area contributed by atoms with E-state index in [-0.39, 0.29) is 5.82 Å². The number of hydrogen-bond donors (Lipinski definition) is 1. The second kappa shape index (κ2) is 8.04. The Hall–Kier alpha value is -0.970. The molecule has 0 amide bonds. The quantitative estimate of drug-likeness (QED) is 0.839. The van der Waals surface area contributed by atoms with E-state index in [0.29, 0.717) is 12.5 Å². The zero-order chi connectivity index (χ0) is 16.1. The van der Waals surface area contributed by atoms with Gasteiger partial charge in [0.25, 0.3) is 0 Å². The molecule has 1 fully saturated rings. The van der Waals surface area contributed by atoms with E-state index < -0.39 is 6.10 Å². The van der Waals surface area contributed by atoms with Crippen LogP contribution in [0.4, 0.5) is 4.39 Å². The summed E-state index contributed by atoms with van der Waals surface area (Å²) in [6, 6.07) is 4.63. The molecule has 22 heavy (non-hydrogen) atoms. The summed E-state index contributed by atoms with van der Waals surface area (Å²) < 4.78 is 13.2. The standard InChI is InChI=1S/C18H29FN2O/c1-4-8-20(3)11-15-7-9-21(12-15)13-18(22)17-6-5-16(19)10-14(17)2/h5-6,10,15,18,22H,4,7-9,11-13H2,1-3H3. The van der Waals surface area contributed by atoms with E-state index in [2.05, 4.69) is 23.8 Å². The van der Waals surface area contributed by atoms with Crippen molar-refractivity contribution in [2.45, 2.75) is 32.8 Å². The number of rotatable bonds is 7. The average Bonchev–Trinajstić information content (AvgIpc) is 2.85. The van der Waals surface area contributed by atoms with Crippen molar-refractivity contribution in [3.63, 3.8) is 0 Å². The van der Waals surface area contributed by atoms with E-state index >= 15 is 0 Å². The first-order chi connectivity index (χ1) is 10.5. The summed E-state index contributed by atoms with van der Waals surface area (Å²) in [5, 5.41) is 10.4. The largest absolute Gasteiger partial charge is 0.387 e. The molecule has 0 saturated carbocycles. The summed E-state index contributed by atoms with van der Waals surface area (Å²) in [6.07, 6.45) is 1.85. The van der Waals surface area contributed by atoms with E-state index in [0.717, 1.165) is 37.3 Å². The van der Waals surface area contributed by atoms with Crippen LogP contribution in [0.1, 0.15) is 37.0 Å². The van der Waals surface area contributed by atoms with E-state index in [9.17, 15) is 9.50 Å². The maximum Gasteiger partial charge on any atom is 0.123 e. The van der Waals surface area contributed by atoms with Gasteiger partial charge in [-0.05, 0) is 69.1 Å². The van der Waals surface area contributed by atoms with Crippen molar-refractivity contribution in [2.24, 2.45) is 5.92 Å². The summed E-state index contributed by atoms with van der Waals surface area (Å²) in [4.78, 5) is 4.73. The van der Waals surface area contributed by atoms with Crippen molar-refractivity contribution in [1.82, 2.24) is 9.80 Å². The molecule has 3 nitrogen and oxygen atoms in total. The summed E-state index contributed by atoms with van der Waals surface area (Å²) in [5.74, 6) is 0.451. The minimum Gasteiger partial charge on any atom is -0.387 e. The Morgan fingerprint density at radius 3 is 2.91 bits per heavy atom. The van der Waals surface area contributed by atoms with Gasteiger partial charge in [0.05, 0.1) is 6.10 Å². The van der Waals surface area contributed by atoms with Gasteiger partial charge in [-0.25, -0.2) is 4.39 Å². The van der Waals surface area contributed by atoms with Crippen LogP contribution in [0.25, 0.3) is 0 Å². The number of halogens is 1. The van der Waals surface area contributed by atoms with Gasteiger partial charge in [0, 0.05) is 19.6 Å². The van der Waals surface area contributed by atoms with Gasteiger partial charge in [-0.2, -0.15) is 0 Å². The van der Waals surface area contributed by atoms with Gasteiger partial charge in [-0.1, -0.05) is 13.0 Å². The highest BCUT2D eigenvalue weighted by Crippen LogP contribution is 2.23. The molecule has 2 rings (SSSR count). The molecule has 1 aromatic rings. The number of benzene rings is 1. The Balaban J connectivity index is 1.84. The maximum atomic E-state index is 13.2. The number of likely N-dealkylation sites (tertiary alicyclic amines) is 1. The number of nitrogens with zero attached hydrogens (tertiary/aromatic N) is 2. The van der Waals surface area contributed by atoms with Crippen molar-refractivity contribution in [2.75, 3.05) is 39.8 Å². The Morgan fingerprint density at radius 2 is 2.23 bits per heavy atom. The van der Waals surface area contributed by atoms with Gasteiger partial charge >= 0.3 is 0 Å². The lowest BCUT2D eigenvalue weighted by molar-refractivity contribution is 0.122. The predicted molar refractivity (Wildman–Crippen MR) is 88.4 cm³/mol. The van der Waals surface area contributed by atoms with E-state index in [1.807, 2.05) is 6.92 Å². The van der Waals surface area contributed by atoms with Crippen molar-refractivity contribution >= 4 is 0 Å². The zero-order valence-corrected chi connectivity index (χ0v) is 14.1. The summed E-state index contributed by atoms with van der Waals surface area (Å²) >= 11 is 0. The first-order valence-electron chi connectivity index (χ1n) is 8.34. The fourth-order valence-electron chi connectivity index (χ4n) is 3.50. The number of hydrogen-bond acceptors (Lipinski definition) is 3. The zero-order valence-electron chi connectivity index (χ0n) is 14.1. The first-order valence-corrected chi connectivity index (χ1v) is 8.34. The number of aliphatic hydroxyl groups is 1. The number of aryl methyl sites for hydroxylation is 1. The molecule has 1 saturated heterocycles. The van der Waals surface area contributed by atoms with Crippen LogP contribution >= 0.6 is 0 Å². The van der Waals surface area contributed by atoms with E-state index in [1.54, 1.807) is 6.07 Å². The molecule has 1 N–H and O–H groups in total. The third kappa shape index (κ3) is 4.77. The van der Waals surface area contributed by atoms with Crippen molar-refractivity contribution in [3.05, 3.63) is 35.1 Å². The molecule has 0 aromatic heterocycles. The molecule has 124 valence electrons. The average molecular weight is 308 g/mol. The minimum atomic E-state index is -0.535. The predicted octanol–water partition coefficient (Wildman–Crippen LogP) is 2.83. The molecule has 0 aliphatic carbocycles. The third-order valence-corrected chi connectivity index (χ3v) is 4.57. The smallest absolute Gasteiger partial charge is 0.123 e. The van der Waals surface area contributed by atoms with Crippen LogP contribution in [-0.4, -0.2) is 54.7 Å². The summed E-state index contributed by atoms with van der Waals surface area (Å²) in [6.45, 7) is 9.07. The monoisotopic (exact) mass is 308 g/mol. The molecule has 1 aromatic carbocycles. The number of aliphatic hydroxyl groups excluding tert-OH is 1. The molecule has 0 radical (unpaired) electrons. The van der Waals surface area contributed by atoms with Crippen molar-refractivity contribution in [3.8, 4) is 0 Å². The number of β-amino-alcohol motifs (C(OH)–C–C–N with tert-alkyl or cyclic N) is 1. The lowest BCUT2D eigenvalue weighted by atomic mass is 10.0. The maximum absolute atomic E-state index is 13.2. The molecule has 1 heterocycles. The van der Waals surface area contributed by atoms with Gasteiger partial charge in [-0.15, -0.1) is 0 Å². The third-order valence-electron chi connectivity index (χ3n) is 4.57. The highest BCUT2D eigenvalue weighted by atomic mass is 19.1. The molecular formula is C18H29FN2O. The van der Waals surface area contributed by atoms with Crippen LogP contribution in [0, 0.1) is 18.7 Å². The normalized spacial score (nSPS) is 20.7. The van der Waals surface area contributed by atoms with Crippen LogP contribution in [0.5, 0.6) is 0 Å². The SMILES string of the molecule is CCCN(C)CC1CCN(CC(O)c2ccc(F)cc2C)C1. The fraction of sp³-hybridized carbons (Fsp3) is 0.667. The molecule has 1 aliphatic rings. The Morgan fingerprint density at radius 1 is 1.45 bits per heavy atom. The Kier molecular flexibility index (Phi) is 6.36. The molecule has 0 bridgehead atoms. The van der Waals surface area contributed by atoms with Crippen LogP contribution in [0.3, 0.4) is 0 Å². The van der Waals surface area contributed by atoms with Gasteiger partial charge in [-0.3, -0.25) is 0 Å². The second-order valence-corrected chi connectivity index (χ2v) is 6.69. The highest BCUT2D eigenvalue weighted by molar-refractivity contribution is 5.28. The molecular weight excluding hydrogens is 279 g/mol. The van der Waals surface area contributed by atoms with E-state index in [4.69, 9.17) is 0 Å². The van der Waals surface area contributed by atoms with Crippen LogP contribution < -0.4 is 0 Å². The topological polar surface area (TPSA) is 26.7 Å². The summed E-state index contributed by atoms with van der Waals surface area (Å²) in [7, 11) is 2.18. The molecule has 2 unspecified atom stereocenters.